The molecular formula is C31H31ClF6N4O6. The molecule has 0 bridgehead atoms. The number of benzene rings is 3. The van der Waals surface area contributed by atoms with Gasteiger partial charge in [0.15, 0.2) is 0 Å². The summed E-state index contributed by atoms with van der Waals surface area (Å²) in [6.45, 7) is 4.31. The third-order valence-electron chi connectivity index (χ3n) is 7.64. The fourth-order valence-corrected chi connectivity index (χ4v) is 5.22. The summed E-state index contributed by atoms with van der Waals surface area (Å²) in [5, 5.41) is 23.3. The molecule has 2 aliphatic rings. The zero-order chi connectivity index (χ0) is 35.7. The molecule has 5 rings (SSSR count). The third-order valence-corrected chi connectivity index (χ3v) is 7.89. The van der Waals surface area contributed by atoms with Gasteiger partial charge in [-0.1, -0.05) is 54.1 Å². The maximum absolute atomic E-state index is 12.8. The van der Waals surface area contributed by atoms with Crippen LogP contribution in [0.4, 0.5) is 26.3 Å². The van der Waals surface area contributed by atoms with Gasteiger partial charge >= 0.3 is 24.3 Å². The van der Waals surface area contributed by atoms with Crippen molar-refractivity contribution in [3.8, 4) is 0 Å². The number of amides is 2. The minimum absolute atomic E-state index is 0.0523. The Morgan fingerprint density at radius 3 is 1.94 bits per heavy atom. The van der Waals surface area contributed by atoms with Crippen LogP contribution in [-0.4, -0.2) is 94.5 Å². The quantitative estimate of drug-likeness (QED) is 0.266. The summed E-state index contributed by atoms with van der Waals surface area (Å²) in [6.07, 6.45) is -8.60. The van der Waals surface area contributed by atoms with Crippen molar-refractivity contribution in [2.75, 3.05) is 32.8 Å². The molecule has 10 nitrogen and oxygen atoms in total. The molecule has 3 aromatic rings. The predicted molar refractivity (Wildman–Crippen MR) is 162 cm³/mol. The molecule has 1 spiro atoms. The summed E-state index contributed by atoms with van der Waals surface area (Å²) in [5.74, 6) is -5.44. The average Bonchev–Trinajstić information content (AvgIpc) is 3.32. The Bertz CT molecular complexity index is 1570. The Morgan fingerprint density at radius 1 is 0.854 bits per heavy atom. The maximum atomic E-state index is 12.8. The highest BCUT2D eigenvalue weighted by Gasteiger charge is 2.49. The van der Waals surface area contributed by atoms with Gasteiger partial charge in [0.2, 0.25) is 5.91 Å². The van der Waals surface area contributed by atoms with Crippen molar-refractivity contribution in [1.82, 2.24) is 20.4 Å². The van der Waals surface area contributed by atoms with Crippen LogP contribution in [0.15, 0.2) is 66.7 Å². The number of halogens is 7. The lowest BCUT2D eigenvalue weighted by atomic mass is 9.85. The molecule has 4 N–H and O–H groups in total. The molecule has 3 aromatic carbocycles. The molecule has 0 aliphatic carbocycles. The minimum Gasteiger partial charge on any atom is -0.475 e. The lowest BCUT2D eigenvalue weighted by Gasteiger charge is -2.42. The van der Waals surface area contributed by atoms with Crippen LogP contribution in [-0.2, 0) is 20.9 Å². The highest BCUT2D eigenvalue weighted by molar-refractivity contribution is 6.30. The lowest BCUT2D eigenvalue weighted by Crippen LogP contribution is -2.56. The summed E-state index contributed by atoms with van der Waals surface area (Å²) in [5.41, 5.74) is 1.38. The Morgan fingerprint density at radius 2 is 1.40 bits per heavy atom. The van der Waals surface area contributed by atoms with E-state index >= 15 is 0 Å². The molecule has 0 saturated carbocycles. The van der Waals surface area contributed by atoms with Crippen molar-refractivity contribution < 1.29 is 55.7 Å². The van der Waals surface area contributed by atoms with Crippen LogP contribution in [0.5, 0.6) is 0 Å². The fourth-order valence-electron chi connectivity index (χ4n) is 5.09. The van der Waals surface area contributed by atoms with Crippen molar-refractivity contribution in [2.45, 2.75) is 37.3 Å². The first-order valence-electron chi connectivity index (χ1n) is 14.3. The molecule has 2 heterocycles. The summed E-state index contributed by atoms with van der Waals surface area (Å²) in [6, 6.07) is 21.7. The molecule has 0 unspecified atom stereocenters. The number of carboxylic acid groups (broad SMARTS) is 2. The second-order valence-electron chi connectivity index (χ2n) is 10.8. The van der Waals surface area contributed by atoms with Gasteiger partial charge in [0.25, 0.3) is 5.91 Å². The topological polar surface area (TPSA) is 139 Å². The standard InChI is InChI=1S/C27H29ClN4O2.2C2HF3O2/c28-24-9-5-20(6-10-24)18-32-19-30-26(34)27(32)11-14-31(15-12-27)16-13-29-25(33)23-8-7-21-3-1-2-4-22(21)17-23;2*3-2(4,5)1(6)7/h1-10,17H,11-16,18-19H2,(H,29,33)(H,30,34);2*(H,6,7). The number of hydrogen-bond acceptors (Lipinski definition) is 6. The first-order valence-corrected chi connectivity index (χ1v) is 14.7. The molecule has 48 heavy (non-hydrogen) atoms. The first-order chi connectivity index (χ1) is 22.4. The van der Waals surface area contributed by atoms with Crippen LogP contribution < -0.4 is 10.6 Å². The second-order valence-corrected chi connectivity index (χ2v) is 11.2. The number of likely N-dealkylation sites (tertiary alicyclic amines) is 1. The van der Waals surface area contributed by atoms with Gasteiger partial charge in [-0.15, -0.1) is 0 Å². The van der Waals surface area contributed by atoms with Gasteiger partial charge in [0.05, 0.1) is 6.67 Å². The number of fused-ring (bicyclic) bond motifs is 1. The molecule has 17 heteroatoms. The summed E-state index contributed by atoms with van der Waals surface area (Å²) >= 11 is 6.02. The Hall–Kier alpha value is -4.41. The number of carbonyl (C=O) groups is 4. The first kappa shape index (κ1) is 38.0. The lowest BCUT2D eigenvalue weighted by molar-refractivity contribution is -0.193. The fraction of sp³-hybridized carbons (Fsp3) is 0.355. The highest BCUT2D eigenvalue weighted by atomic mass is 35.5. The molecular weight excluding hydrogens is 674 g/mol. The van der Waals surface area contributed by atoms with Crippen LogP contribution in [0.1, 0.15) is 28.8 Å². The maximum Gasteiger partial charge on any atom is 0.490 e. The van der Waals surface area contributed by atoms with E-state index in [-0.39, 0.29) is 11.8 Å². The van der Waals surface area contributed by atoms with Crippen LogP contribution in [0.2, 0.25) is 5.02 Å². The number of alkyl halides is 6. The molecule has 0 radical (unpaired) electrons. The van der Waals surface area contributed by atoms with E-state index in [9.17, 15) is 35.9 Å². The van der Waals surface area contributed by atoms with Gasteiger partial charge in [-0.25, -0.2) is 9.59 Å². The summed E-state index contributed by atoms with van der Waals surface area (Å²) in [7, 11) is 0. The van der Waals surface area contributed by atoms with Crippen LogP contribution in [0.25, 0.3) is 10.8 Å². The Kier molecular flexibility index (Phi) is 12.8. The summed E-state index contributed by atoms with van der Waals surface area (Å²) in [4.78, 5) is 47.8. The number of hydrogen-bond donors (Lipinski definition) is 4. The van der Waals surface area contributed by atoms with E-state index in [0.29, 0.717) is 18.8 Å². The number of aliphatic carboxylic acids is 2. The largest absolute Gasteiger partial charge is 0.490 e. The molecule has 2 saturated heterocycles. The zero-order valence-electron chi connectivity index (χ0n) is 25.1. The van der Waals surface area contributed by atoms with E-state index < -0.39 is 29.8 Å². The monoisotopic (exact) mass is 704 g/mol. The van der Waals surface area contributed by atoms with Gasteiger partial charge in [-0.3, -0.25) is 14.5 Å². The van der Waals surface area contributed by atoms with Crippen LogP contribution >= 0.6 is 11.6 Å². The molecule has 2 aliphatic heterocycles. The number of carbonyl (C=O) groups excluding carboxylic acids is 2. The Balaban J connectivity index is 0.000000376. The zero-order valence-corrected chi connectivity index (χ0v) is 25.8. The number of rotatable bonds is 6. The predicted octanol–water partition coefficient (Wildman–Crippen LogP) is 4.91. The summed E-state index contributed by atoms with van der Waals surface area (Å²) < 4.78 is 63.5. The van der Waals surface area contributed by atoms with E-state index in [4.69, 9.17) is 31.4 Å². The number of piperidine rings is 1. The molecule has 0 aromatic heterocycles. The SMILES string of the molecule is O=C(NCCN1CCC2(CC1)C(=O)NCN2Cc1ccc(Cl)cc1)c1ccc2ccccc2c1.O=C(O)C(F)(F)F.O=C(O)C(F)(F)F. The third kappa shape index (κ3) is 10.6. The molecule has 0 atom stereocenters. The van der Waals surface area contributed by atoms with Gasteiger partial charge in [-0.2, -0.15) is 26.3 Å². The van der Waals surface area contributed by atoms with E-state index in [1.54, 1.807) is 0 Å². The number of nitrogens with zero attached hydrogens (tertiary/aromatic N) is 2. The van der Waals surface area contributed by atoms with Gasteiger partial charge < -0.3 is 25.7 Å². The van der Waals surface area contributed by atoms with E-state index in [2.05, 4.69) is 20.4 Å². The van der Waals surface area contributed by atoms with Crippen LogP contribution in [0, 0.1) is 0 Å². The van der Waals surface area contributed by atoms with Gasteiger partial charge in [0.1, 0.15) is 5.54 Å². The minimum atomic E-state index is -5.08. The molecule has 260 valence electrons. The Labute approximate surface area is 275 Å². The van der Waals surface area contributed by atoms with Gasteiger partial charge in [0, 0.05) is 43.3 Å². The molecule has 2 fully saturated rings. The average molecular weight is 705 g/mol. The van der Waals surface area contributed by atoms with Crippen molar-refractivity contribution in [2.24, 2.45) is 0 Å². The van der Waals surface area contributed by atoms with Crippen molar-refractivity contribution in [3.63, 3.8) is 0 Å². The van der Waals surface area contributed by atoms with E-state index in [1.807, 2.05) is 66.7 Å². The van der Waals surface area contributed by atoms with Gasteiger partial charge in [-0.05, 0) is 53.4 Å². The number of nitrogens with one attached hydrogen (secondary N) is 2. The normalized spacial score (nSPS) is 16.3. The van der Waals surface area contributed by atoms with Crippen LogP contribution in [0.3, 0.4) is 0 Å². The highest BCUT2D eigenvalue weighted by Crippen LogP contribution is 2.33. The molecule has 2 amide bonds. The van der Waals surface area contributed by atoms with Crippen molar-refractivity contribution >= 4 is 46.1 Å². The second kappa shape index (κ2) is 16.1. The van der Waals surface area contributed by atoms with Crippen molar-refractivity contribution in [1.29, 1.82) is 0 Å². The number of carboxylic acids is 2. The van der Waals surface area contributed by atoms with E-state index in [1.165, 1.54) is 0 Å². The van der Waals surface area contributed by atoms with E-state index in [0.717, 1.165) is 60.4 Å². The van der Waals surface area contributed by atoms with Crippen molar-refractivity contribution in [3.05, 3.63) is 82.9 Å². The smallest absolute Gasteiger partial charge is 0.475 e.